The van der Waals surface area contributed by atoms with Gasteiger partial charge in [-0.25, -0.2) is 4.98 Å². The van der Waals surface area contributed by atoms with Gasteiger partial charge in [0.05, 0.1) is 15.7 Å². The number of nitrogens with one attached hydrogen (secondary N) is 1. The van der Waals surface area contributed by atoms with Crippen LogP contribution in [0.15, 0.2) is 27.9 Å². The van der Waals surface area contributed by atoms with E-state index in [1.54, 1.807) is 11.3 Å². The highest BCUT2D eigenvalue weighted by atomic mass is 127. The summed E-state index contributed by atoms with van der Waals surface area (Å²) in [6.07, 6.45) is 1.94. The summed E-state index contributed by atoms with van der Waals surface area (Å²) in [7, 11) is 0. The number of aryl methyl sites for hydroxylation is 1. The van der Waals surface area contributed by atoms with Crippen LogP contribution in [-0.4, -0.2) is 55.1 Å². The molecule has 0 atom stereocenters. The topological polar surface area (TPSA) is 43.8 Å². The van der Waals surface area contributed by atoms with Gasteiger partial charge < -0.3 is 15.1 Å². The third-order valence-corrected chi connectivity index (χ3v) is 6.23. The summed E-state index contributed by atoms with van der Waals surface area (Å²) in [6.45, 7) is 10.1. The Kier molecular flexibility index (Phi) is 9.13. The average Bonchev–Trinajstić information content (AvgIpc) is 3.33. The lowest BCUT2D eigenvalue weighted by molar-refractivity contribution is 0.373. The molecule has 3 rings (SSSR count). The highest BCUT2D eigenvalue weighted by Crippen LogP contribution is 2.22. The van der Waals surface area contributed by atoms with E-state index in [-0.39, 0.29) is 24.0 Å². The molecular formula is C18H28IN5S2. The summed E-state index contributed by atoms with van der Waals surface area (Å²) < 4.78 is 0. The van der Waals surface area contributed by atoms with Gasteiger partial charge in [-0.3, -0.25) is 4.99 Å². The van der Waals surface area contributed by atoms with Crippen molar-refractivity contribution in [2.24, 2.45) is 4.99 Å². The third kappa shape index (κ3) is 5.82. The number of hydrogen-bond donors (Lipinski definition) is 1. The minimum Gasteiger partial charge on any atom is -0.360 e. The molecule has 3 heterocycles. The van der Waals surface area contributed by atoms with Crippen LogP contribution in [0.4, 0.5) is 5.00 Å². The first-order valence-electron chi connectivity index (χ1n) is 9.05. The Hall–Kier alpha value is -0.870. The van der Waals surface area contributed by atoms with E-state index in [0.717, 1.165) is 58.1 Å². The number of hydrogen-bond acceptors (Lipinski definition) is 5. The number of rotatable bonds is 6. The molecule has 1 N–H and O–H groups in total. The van der Waals surface area contributed by atoms with Gasteiger partial charge in [-0.1, -0.05) is 6.92 Å². The molecule has 1 saturated heterocycles. The van der Waals surface area contributed by atoms with E-state index in [1.165, 1.54) is 15.7 Å². The van der Waals surface area contributed by atoms with Crippen LogP contribution in [0.3, 0.4) is 0 Å². The van der Waals surface area contributed by atoms with E-state index in [2.05, 4.69) is 56.8 Å². The maximum absolute atomic E-state index is 4.84. The number of piperazine rings is 1. The van der Waals surface area contributed by atoms with Gasteiger partial charge in [-0.15, -0.1) is 46.7 Å². The lowest BCUT2D eigenvalue weighted by Gasteiger charge is -2.37. The Labute approximate surface area is 181 Å². The van der Waals surface area contributed by atoms with Gasteiger partial charge in [-0.05, 0) is 30.9 Å². The first-order valence-corrected chi connectivity index (χ1v) is 10.8. The zero-order valence-corrected chi connectivity index (χ0v) is 19.4. The van der Waals surface area contributed by atoms with Crippen molar-refractivity contribution in [1.29, 1.82) is 0 Å². The average molecular weight is 505 g/mol. The van der Waals surface area contributed by atoms with Crippen molar-refractivity contribution < 1.29 is 0 Å². The second kappa shape index (κ2) is 11.1. The largest absolute Gasteiger partial charge is 0.360 e. The van der Waals surface area contributed by atoms with Crippen molar-refractivity contribution >= 4 is 57.6 Å². The SMILES string of the molecule is CCNC(=NCCc1csc(CC)n1)N1CCN(c2cccs2)CC1.I. The highest BCUT2D eigenvalue weighted by Gasteiger charge is 2.20. The molecule has 0 amide bonds. The van der Waals surface area contributed by atoms with E-state index in [1.807, 2.05) is 11.3 Å². The van der Waals surface area contributed by atoms with Crippen LogP contribution in [0.25, 0.3) is 0 Å². The molecule has 0 unspecified atom stereocenters. The minimum absolute atomic E-state index is 0. The smallest absolute Gasteiger partial charge is 0.194 e. The van der Waals surface area contributed by atoms with Crippen molar-refractivity contribution in [3.8, 4) is 0 Å². The Bertz CT molecular complexity index is 663. The van der Waals surface area contributed by atoms with E-state index >= 15 is 0 Å². The lowest BCUT2D eigenvalue weighted by atomic mass is 10.3. The number of nitrogens with zero attached hydrogens (tertiary/aromatic N) is 4. The van der Waals surface area contributed by atoms with Gasteiger partial charge in [0.2, 0.25) is 0 Å². The van der Waals surface area contributed by atoms with Crippen molar-refractivity contribution in [3.63, 3.8) is 0 Å². The van der Waals surface area contributed by atoms with Gasteiger partial charge in [0, 0.05) is 51.1 Å². The van der Waals surface area contributed by atoms with Gasteiger partial charge in [0.25, 0.3) is 0 Å². The summed E-state index contributed by atoms with van der Waals surface area (Å²) >= 11 is 3.58. The summed E-state index contributed by atoms with van der Waals surface area (Å²) in [5.74, 6) is 1.04. The fourth-order valence-corrected chi connectivity index (χ4v) is 4.48. The standard InChI is InChI=1S/C18H27N5S2.HI/c1-3-16-21-15(14-25-16)7-8-20-18(19-4-2)23-11-9-22(10-12-23)17-6-5-13-24-17;/h5-6,13-14H,3-4,7-12H2,1-2H3,(H,19,20);1H. The van der Waals surface area contributed by atoms with Gasteiger partial charge in [-0.2, -0.15) is 0 Å². The summed E-state index contributed by atoms with van der Waals surface area (Å²) in [5, 5.41) is 10.4. The number of halogens is 1. The van der Waals surface area contributed by atoms with Crippen LogP contribution in [0.5, 0.6) is 0 Å². The summed E-state index contributed by atoms with van der Waals surface area (Å²) in [5.41, 5.74) is 1.17. The molecule has 1 fully saturated rings. The molecule has 144 valence electrons. The summed E-state index contributed by atoms with van der Waals surface area (Å²) in [4.78, 5) is 14.3. The van der Waals surface area contributed by atoms with Crippen molar-refractivity contribution in [1.82, 2.24) is 15.2 Å². The predicted molar refractivity (Wildman–Crippen MR) is 125 cm³/mol. The van der Waals surface area contributed by atoms with Crippen LogP contribution in [0.2, 0.25) is 0 Å². The molecule has 1 aliphatic rings. The van der Waals surface area contributed by atoms with Gasteiger partial charge in [0.1, 0.15) is 0 Å². The fourth-order valence-electron chi connectivity index (χ4n) is 2.92. The normalized spacial score (nSPS) is 15.1. The van der Waals surface area contributed by atoms with E-state index < -0.39 is 0 Å². The number of thiophene rings is 1. The highest BCUT2D eigenvalue weighted by molar-refractivity contribution is 14.0. The first kappa shape index (κ1) is 21.4. The number of anilines is 1. The van der Waals surface area contributed by atoms with Crippen LogP contribution in [0, 0.1) is 0 Å². The second-order valence-corrected chi connectivity index (χ2v) is 7.87. The predicted octanol–water partition coefficient (Wildman–Crippen LogP) is 3.72. The molecule has 0 bridgehead atoms. The Balaban J connectivity index is 0.00000243. The molecule has 0 radical (unpaired) electrons. The Morgan fingerprint density at radius 3 is 2.65 bits per heavy atom. The number of guanidine groups is 1. The molecule has 0 aliphatic carbocycles. The van der Waals surface area contributed by atoms with Gasteiger partial charge in [0.15, 0.2) is 5.96 Å². The maximum atomic E-state index is 4.84. The van der Waals surface area contributed by atoms with Crippen molar-refractivity contribution in [2.75, 3.05) is 44.2 Å². The quantitative estimate of drug-likeness (QED) is 0.370. The molecule has 26 heavy (non-hydrogen) atoms. The third-order valence-electron chi connectivity index (χ3n) is 4.26. The number of thiazole rings is 1. The van der Waals surface area contributed by atoms with E-state index in [4.69, 9.17) is 4.99 Å². The van der Waals surface area contributed by atoms with Crippen LogP contribution in [-0.2, 0) is 12.8 Å². The molecule has 8 heteroatoms. The first-order chi connectivity index (χ1) is 12.3. The minimum atomic E-state index is 0. The van der Waals surface area contributed by atoms with Crippen LogP contribution in [0.1, 0.15) is 24.5 Å². The number of aliphatic imine (C=N–C) groups is 1. The van der Waals surface area contributed by atoms with Crippen molar-refractivity contribution in [3.05, 3.63) is 33.6 Å². The molecular weight excluding hydrogens is 477 g/mol. The molecule has 0 aromatic carbocycles. The van der Waals surface area contributed by atoms with Crippen LogP contribution < -0.4 is 10.2 Å². The van der Waals surface area contributed by atoms with Crippen LogP contribution >= 0.6 is 46.7 Å². The van der Waals surface area contributed by atoms with E-state index in [9.17, 15) is 0 Å². The molecule has 2 aromatic rings. The maximum Gasteiger partial charge on any atom is 0.194 e. The van der Waals surface area contributed by atoms with Crippen molar-refractivity contribution in [2.45, 2.75) is 26.7 Å². The molecule has 5 nitrogen and oxygen atoms in total. The Morgan fingerprint density at radius 1 is 1.23 bits per heavy atom. The molecule has 1 aliphatic heterocycles. The zero-order valence-electron chi connectivity index (χ0n) is 15.5. The second-order valence-electron chi connectivity index (χ2n) is 6.00. The summed E-state index contributed by atoms with van der Waals surface area (Å²) in [6, 6.07) is 4.33. The van der Waals surface area contributed by atoms with Gasteiger partial charge >= 0.3 is 0 Å². The van der Waals surface area contributed by atoms with E-state index in [0.29, 0.717) is 0 Å². The molecule has 0 saturated carbocycles. The fraction of sp³-hybridized carbons (Fsp3) is 0.556. The zero-order chi connectivity index (χ0) is 17.5. The lowest BCUT2D eigenvalue weighted by Crippen LogP contribution is -2.52. The Morgan fingerprint density at radius 2 is 2.04 bits per heavy atom. The number of aromatic nitrogens is 1. The monoisotopic (exact) mass is 505 g/mol. The molecule has 0 spiro atoms. The molecule has 2 aromatic heterocycles.